The van der Waals surface area contributed by atoms with Crippen molar-refractivity contribution in [3.63, 3.8) is 0 Å². The molecule has 1 fully saturated rings. The molecular weight excluding hydrogens is 381 g/mol. The molecule has 1 atom stereocenters. The third-order valence-electron chi connectivity index (χ3n) is 5.20. The van der Waals surface area contributed by atoms with Gasteiger partial charge in [-0.3, -0.25) is 9.78 Å². The standard InChI is InChI=1S/C21H25F3N4O/c1-13-14(6-5-9-25-13)19(29)18-15(21(22,23)24)7-8-17(27-18)28-11-10-26-16(12-28)20(2,3)4/h5-9,16,26H,10-12H2,1-4H3. The van der Waals surface area contributed by atoms with Gasteiger partial charge in [-0.05, 0) is 36.6 Å². The summed E-state index contributed by atoms with van der Waals surface area (Å²) in [4.78, 5) is 23.1. The molecule has 3 heterocycles. The summed E-state index contributed by atoms with van der Waals surface area (Å²) in [5.74, 6) is -0.397. The number of ketones is 1. The van der Waals surface area contributed by atoms with Crippen molar-refractivity contribution in [2.45, 2.75) is 39.9 Å². The lowest BCUT2D eigenvalue weighted by molar-refractivity contribution is -0.138. The molecule has 3 rings (SSSR count). The van der Waals surface area contributed by atoms with Gasteiger partial charge < -0.3 is 10.2 Å². The third-order valence-corrected chi connectivity index (χ3v) is 5.20. The number of carbonyl (C=O) groups excluding carboxylic acids is 1. The number of alkyl halides is 3. The van der Waals surface area contributed by atoms with Gasteiger partial charge in [0.2, 0.25) is 5.78 Å². The van der Waals surface area contributed by atoms with E-state index in [0.29, 0.717) is 31.1 Å². The molecule has 2 aromatic heterocycles. The zero-order chi connectivity index (χ0) is 21.4. The molecule has 0 radical (unpaired) electrons. The Morgan fingerprint density at radius 2 is 1.93 bits per heavy atom. The molecule has 1 saturated heterocycles. The van der Waals surface area contributed by atoms with Crippen LogP contribution in [0.5, 0.6) is 0 Å². The Bertz CT molecular complexity index is 906. The summed E-state index contributed by atoms with van der Waals surface area (Å²) >= 11 is 0. The molecule has 0 amide bonds. The van der Waals surface area contributed by atoms with Crippen LogP contribution in [0.4, 0.5) is 19.0 Å². The van der Waals surface area contributed by atoms with Gasteiger partial charge in [-0.15, -0.1) is 0 Å². The molecule has 0 aromatic carbocycles. The van der Waals surface area contributed by atoms with Crippen LogP contribution in [0.15, 0.2) is 30.5 Å². The van der Waals surface area contributed by atoms with Crippen molar-refractivity contribution in [3.05, 3.63) is 53.0 Å². The van der Waals surface area contributed by atoms with E-state index in [1.807, 2.05) is 4.90 Å². The predicted octanol–water partition coefficient (Wildman–Crippen LogP) is 3.86. The topological polar surface area (TPSA) is 58.1 Å². The number of halogens is 3. The first-order chi connectivity index (χ1) is 13.5. The van der Waals surface area contributed by atoms with E-state index in [0.717, 1.165) is 6.07 Å². The fourth-order valence-corrected chi connectivity index (χ4v) is 3.42. The minimum absolute atomic E-state index is 0.0178. The smallest absolute Gasteiger partial charge is 0.354 e. The monoisotopic (exact) mass is 406 g/mol. The second kappa shape index (κ2) is 7.74. The number of anilines is 1. The molecule has 1 aliphatic heterocycles. The van der Waals surface area contributed by atoms with Crippen LogP contribution >= 0.6 is 0 Å². The minimum Gasteiger partial charge on any atom is -0.354 e. The van der Waals surface area contributed by atoms with Crippen molar-refractivity contribution in [1.82, 2.24) is 15.3 Å². The zero-order valence-electron chi connectivity index (χ0n) is 17.0. The number of hydrogen-bond donors (Lipinski definition) is 1. The molecule has 5 nitrogen and oxygen atoms in total. The molecule has 0 aliphatic carbocycles. The zero-order valence-corrected chi connectivity index (χ0v) is 17.0. The van der Waals surface area contributed by atoms with Gasteiger partial charge in [-0.2, -0.15) is 13.2 Å². The molecular formula is C21H25F3N4O. The Morgan fingerprint density at radius 3 is 2.55 bits per heavy atom. The highest BCUT2D eigenvalue weighted by atomic mass is 19.4. The highest BCUT2D eigenvalue weighted by molar-refractivity contribution is 6.09. The summed E-state index contributed by atoms with van der Waals surface area (Å²) in [5, 5.41) is 3.44. The Labute approximate surface area is 168 Å². The van der Waals surface area contributed by atoms with Crippen molar-refractivity contribution in [3.8, 4) is 0 Å². The number of carbonyl (C=O) groups is 1. The number of aromatic nitrogens is 2. The van der Waals surface area contributed by atoms with Gasteiger partial charge in [0, 0.05) is 43.1 Å². The molecule has 0 saturated carbocycles. The Balaban J connectivity index is 2.03. The Morgan fingerprint density at radius 1 is 1.21 bits per heavy atom. The van der Waals surface area contributed by atoms with Gasteiger partial charge in [-0.25, -0.2) is 4.98 Å². The fraction of sp³-hybridized carbons (Fsp3) is 0.476. The number of piperazine rings is 1. The normalized spacial score (nSPS) is 18.0. The van der Waals surface area contributed by atoms with Crippen LogP contribution in [0.3, 0.4) is 0 Å². The first-order valence-electron chi connectivity index (χ1n) is 9.51. The average molecular weight is 406 g/mol. The maximum absolute atomic E-state index is 13.6. The van der Waals surface area contributed by atoms with E-state index < -0.39 is 23.2 Å². The fourth-order valence-electron chi connectivity index (χ4n) is 3.42. The lowest BCUT2D eigenvalue weighted by Crippen LogP contribution is -2.56. The molecule has 0 bridgehead atoms. The second-order valence-corrected chi connectivity index (χ2v) is 8.35. The van der Waals surface area contributed by atoms with Crippen LogP contribution in [-0.4, -0.2) is 41.4 Å². The molecule has 0 spiro atoms. The maximum atomic E-state index is 13.6. The number of nitrogens with one attached hydrogen (secondary N) is 1. The van der Waals surface area contributed by atoms with Gasteiger partial charge in [0.05, 0.1) is 5.56 Å². The number of rotatable bonds is 3. The van der Waals surface area contributed by atoms with Crippen LogP contribution in [-0.2, 0) is 6.18 Å². The van der Waals surface area contributed by atoms with E-state index in [4.69, 9.17) is 0 Å². The lowest BCUT2D eigenvalue weighted by atomic mass is 9.85. The predicted molar refractivity (Wildman–Crippen MR) is 105 cm³/mol. The minimum atomic E-state index is -4.68. The van der Waals surface area contributed by atoms with Gasteiger partial charge in [0.15, 0.2) is 0 Å². The summed E-state index contributed by atoms with van der Waals surface area (Å²) < 4.78 is 40.8. The van der Waals surface area contributed by atoms with Crippen molar-refractivity contribution in [1.29, 1.82) is 0 Å². The van der Waals surface area contributed by atoms with Crippen LogP contribution in [0, 0.1) is 12.3 Å². The summed E-state index contributed by atoms with van der Waals surface area (Å²) in [6, 6.07) is 5.46. The Hall–Kier alpha value is -2.48. The molecule has 8 heteroatoms. The van der Waals surface area contributed by atoms with Crippen LogP contribution in [0.1, 0.15) is 48.1 Å². The van der Waals surface area contributed by atoms with Crippen molar-refractivity contribution in [2.24, 2.45) is 5.41 Å². The van der Waals surface area contributed by atoms with Crippen molar-refractivity contribution >= 4 is 11.6 Å². The van der Waals surface area contributed by atoms with Crippen molar-refractivity contribution in [2.75, 3.05) is 24.5 Å². The van der Waals surface area contributed by atoms with Crippen LogP contribution in [0.2, 0.25) is 0 Å². The number of aryl methyl sites for hydroxylation is 1. The highest BCUT2D eigenvalue weighted by Crippen LogP contribution is 2.34. The van der Waals surface area contributed by atoms with Crippen molar-refractivity contribution < 1.29 is 18.0 Å². The van der Waals surface area contributed by atoms with E-state index in [2.05, 4.69) is 36.1 Å². The summed E-state index contributed by atoms with van der Waals surface area (Å²) in [6.45, 7) is 9.80. The van der Waals surface area contributed by atoms with Gasteiger partial charge >= 0.3 is 6.18 Å². The molecule has 1 N–H and O–H groups in total. The summed E-state index contributed by atoms with van der Waals surface area (Å²) in [6.07, 6.45) is -3.18. The first kappa shape index (κ1) is 21.2. The Kier molecular flexibility index (Phi) is 5.67. The lowest BCUT2D eigenvalue weighted by Gasteiger charge is -2.41. The molecule has 1 aliphatic rings. The van der Waals surface area contributed by atoms with Crippen LogP contribution < -0.4 is 10.2 Å². The van der Waals surface area contributed by atoms with Crippen LogP contribution in [0.25, 0.3) is 0 Å². The first-order valence-corrected chi connectivity index (χ1v) is 9.51. The van der Waals surface area contributed by atoms with E-state index >= 15 is 0 Å². The molecule has 2 aromatic rings. The number of nitrogens with zero attached hydrogens (tertiary/aromatic N) is 3. The van der Waals surface area contributed by atoms with Gasteiger partial charge in [0.25, 0.3) is 0 Å². The third kappa shape index (κ3) is 4.58. The number of pyridine rings is 2. The highest BCUT2D eigenvalue weighted by Gasteiger charge is 2.38. The van der Waals surface area contributed by atoms with E-state index in [1.54, 1.807) is 6.92 Å². The van der Waals surface area contributed by atoms with E-state index in [9.17, 15) is 18.0 Å². The molecule has 29 heavy (non-hydrogen) atoms. The SMILES string of the molecule is Cc1ncccc1C(=O)c1nc(N2CCNC(C(C)(C)C)C2)ccc1C(F)(F)F. The molecule has 1 unspecified atom stereocenters. The van der Waals surface area contributed by atoms with E-state index in [-0.39, 0.29) is 17.0 Å². The molecule has 156 valence electrons. The summed E-state index contributed by atoms with van der Waals surface area (Å²) in [5.41, 5.74) is -1.15. The van der Waals surface area contributed by atoms with E-state index in [1.165, 1.54) is 24.4 Å². The average Bonchev–Trinajstić information content (AvgIpc) is 2.66. The van der Waals surface area contributed by atoms with Gasteiger partial charge in [-0.1, -0.05) is 20.8 Å². The largest absolute Gasteiger partial charge is 0.418 e. The summed E-state index contributed by atoms with van der Waals surface area (Å²) in [7, 11) is 0. The quantitative estimate of drug-likeness (QED) is 0.785. The second-order valence-electron chi connectivity index (χ2n) is 8.35. The maximum Gasteiger partial charge on any atom is 0.418 e. The van der Waals surface area contributed by atoms with Gasteiger partial charge in [0.1, 0.15) is 11.5 Å². The number of hydrogen-bond acceptors (Lipinski definition) is 5.